The van der Waals surface area contributed by atoms with Crippen molar-refractivity contribution in [3.63, 3.8) is 0 Å². The number of amides is 3. The number of halogens is 1. The highest BCUT2D eigenvalue weighted by Crippen LogP contribution is 2.17. The second kappa shape index (κ2) is 12.0. The molecule has 2 aromatic rings. The number of hydrogen-bond acceptors (Lipinski definition) is 5. The van der Waals surface area contributed by atoms with Crippen LogP contribution in [0.1, 0.15) is 37.7 Å². The zero-order valence-electron chi connectivity index (χ0n) is 17.5. The fourth-order valence-corrected chi connectivity index (χ4v) is 3.68. The fourth-order valence-electron chi connectivity index (χ4n) is 3.29. The Hall–Kier alpha value is -3.20. The van der Waals surface area contributed by atoms with Gasteiger partial charge >= 0.3 is 11.8 Å². The molecule has 3 rings (SSSR count). The fraction of sp³-hybridized carbons (Fsp3) is 0.304. The number of ether oxygens (including phenoxy) is 1. The Labute approximate surface area is 194 Å². The summed E-state index contributed by atoms with van der Waals surface area (Å²) in [5.74, 6) is -1.27. The van der Waals surface area contributed by atoms with Crippen LogP contribution >= 0.6 is 15.9 Å². The van der Waals surface area contributed by atoms with E-state index in [0.717, 1.165) is 30.2 Å². The van der Waals surface area contributed by atoms with E-state index in [1.165, 1.54) is 12.6 Å². The highest BCUT2D eigenvalue weighted by atomic mass is 79.9. The van der Waals surface area contributed by atoms with E-state index < -0.39 is 11.8 Å². The van der Waals surface area contributed by atoms with Gasteiger partial charge in [0.15, 0.2) is 6.61 Å². The third kappa shape index (κ3) is 7.81. The van der Waals surface area contributed by atoms with Gasteiger partial charge in [-0.3, -0.25) is 14.4 Å². The minimum Gasteiger partial charge on any atom is -0.484 e. The van der Waals surface area contributed by atoms with Gasteiger partial charge in [0.1, 0.15) is 5.75 Å². The SMILES string of the molecule is O=C(COc1ccc(/C=N\NC(=O)C(=O)Nc2cccc(Br)c2)cc1)NC1CCCCC1. The van der Waals surface area contributed by atoms with Crippen molar-refractivity contribution in [2.75, 3.05) is 11.9 Å². The van der Waals surface area contributed by atoms with E-state index in [1.54, 1.807) is 42.5 Å². The van der Waals surface area contributed by atoms with Crippen LogP contribution in [0.25, 0.3) is 0 Å². The number of carbonyl (C=O) groups excluding carboxylic acids is 3. The smallest absolute Gasteiger partial charge is 0.329 e. The monoisotopic (exact) mass is 500 g/mol. The van der Waals surface area contributed by atoms with Gasteiger partial charge in [-0.15, -0.1) is 0 Å². The maximum absolute atomic E-state index is 12.0. The van der Waals surface area contributed by atoms with Gasteiger partial charge in [0.2, 0.25) is 0 Å². The second-order valence-corrected chi connectivity index (χ2v) is 8.34. The molecule has 8 nitrogen and oxygen atoms in total. The number of nitrogens with one attached hydrogen (secondary N) is 3. The minimum absolute atomic E-state index is 0.0346. The Bertz CT molecular complexity index is 972. The lowest BCUT2D eigenvalue weighted by Gasteiger charge is -2.22. The first-order valence-corrected chi connectivity index (χ1v) is 11.2. The van der Waals surface area contributed by atoms with Crippen LogP contribution in [0.2, 0.25) is 0 Å². The van der Waals surface area contributed by atoms with Gasteiger partial charge in [0, 0.05) is 16.2 Å². The predicted octanol–water partition coefficient (Wildman–Crippen LogP) is 3.37. The van der Waals surface area contributed by atoms with Crippen molar-refractivity contribution in [1.29, 1.82) is 0 Å². The minimum atomic E-state index is -0.884. The number of carbonyl (C=O) groups is 3. The summed E-state index contributed by atoms with van der Waals surface area (Å²) in [7, 11) is 0. The molecule has 1 saturated carbocycles. The van der Waals surface area contributed by atoms with Gasteiger partial charge in [0.05, 0.1) is 6.21 Å². The van der Waals surface area contributed by atoms with Crippen molar-refractivity contribution >= 4 is 45.6 Å². The van der Waals surface area contributed by atoms with Crippen molar-refractivity contribution in [2.24, 2.45) is 5.10 Å². The summed E-state index contributed by atoms with van der Waals surface area (Å²) < 4.78 is 6.30. The number of nitrogens with zero attached hydrogens (tertiary/aromatic N) is 1. The Balaban J connectivity index is 1.40. The summed E-state index contributed by atoms with van der Waals surface area (Å²) in [6.45, 7) is -0.0346. The molecule has 0 spiro atoms. The molecule has 1 aliphatic carbocycles. The first-order chi connectivity index (χ1) is 15.5. The van der Waals surface area contributed by atoms with Crippen LogP contribution in [0.3, 0.4) is 0 Å². The third-order valence-corrected chi connectivity index (χ3v) is 5.38. The molecular formula is C23H25BrN4O4. The van der Waals surface area contributed by atoms with E-state index in [-0.39, 0.29) is 18.6 Å². The molecule has 0 aromatic heterocycles. The first-order valence-electron chi connectivity index (χ1n) is 10.4. The molecule has 2 aromatic carbocycles. The van der Waals surface area contributed by atoms with Crippen molar-refractivity contribution in [3.8, 4) is 5.75 Å². The van der Waals surface area contributed by atoms with Crippen molar-refractivity contribution < 1.29 is 19.1 Å². The van der Waals surface area contributed by atoms with Gasteiger partial charge in [-0.2, -0.15) is 5.10 Å². The van der Waals surface area contributed by atoms with Crippen LogP contribution < -0.4 is 20.8 Å². The summed E-state index contributed by atoms with van der Waals surface area (Å²) in [4.78, 5) is 35.8. The summed E-state index contributed by atoms with van der Waals surface area (Å²) in [5, 5.41) is 9.28. The van der Waals surface area contributed by atoms with Crippen LogP contribution in [0.15, 0.2) is 58.1 Å². The average molecular weight is 501 g/mol. The quantitative estimate of drug-likeness (QED) is 0.307. The normalized spacial score (nSPS) is 14.0. The zero-order chi connectivity index (χ0) is 22.8. The summed E-state index contributed by atoms with van der Waals surface area (Å²) >= 11 is 3.29. The van der Waals surface area contributed by atoms with Gasteiger partial charge in [-0.05, 0) is 60.9 Å². The number of benzene rings is 2. The van der Waals surface area contributed by atoms with E-state index in [9.17, 15) is 14.4 Å². The third-order valence-electron chi connectivity index (χ3n) is 4.89. The van der Waals surface area contributed by atoms with Crippen molar-refractivity contribution in [2.45, 2.75) is 38.1 Å². The molecule has 1 fully saturated rings. The molecule has 0 heterocycles. The Morgan fingerprint density at radius 2 is 1.78 bits per heavy atom. The summed E-state index contributed by atoms with van der Waals surface area (Å²) in [6, 6.07) is 14.0. The van der Waals surface area contributed by atoms with Crippen LogP contribution in [-0.2, 0) is 14.4 Å². The van der Waals surface area contributed by atoms with Crippen LogP contribution in [0, 0.1) is 0 Å². The topological polar surface area (TPSA) is 109 Å². The number of hydrogen-bond donors (Lipinski definition) is 3. The number of rotatable bonds is 7. The van der Waals surface area contributed by atoms with E-state index in [2.05, 4.69) is 37.1 Å². The molecule has 3 amide bonds. The zero-order valence-corrected chi connectivity index (χ0v) is 19.1. The lowest BCUT2D eigenvalue weighted by Crippen LogP contribution is -2.38. The van der Waals surface area contributed by atoms with Crippen molar-refractivity contribution in [3.05, 3.63) is 58.6 Å². The average Bonchev–Trinajstić information content (AvgIpc) is 2.79. The number of hydrazone groups is 1. The molecule has 9 heteroatoms. The van der Waals surface area contributed by atoms with Gasteiger partial charge in [-0.1, -0.05) is 41.3 Å². The predicted molar refractivity (Wildman–Crippen MR) is 125 cm³/mol. The van der Waals surface area contributed by atoms with Gasteiger partial charge < -0.3 is 15.4 Å². The van der Waals surface area contributed by atoms with E-state index in [1.807, 2.05) is 6.07 Å². The molecule has 0 unspecified atom stereocenters. The van der Waals surface area contributed by atoms with E-state index in [4.69, 9.17) is 4.74 Å². The Morgan fingerprint density at radius 3 is 2.50 bits per heavy atom. The van der Waals surface area contributed by atoms with Gasteiger partial charge in [-0.25, -0.2) is 5.43 Å². The molecule has 32 heavy (non-hydrogen) atoms. The first kappa shape index (κ1) is 23.5. The second-order valence-electron chi connectivity index (χ2n) is 7.42. The Kier molecular flexibility index (Phi) is 8.79. The standard InChI is InChI=1S/C23H25BrN4O4/c24-17-5-4-8-19(13-17)27-22(30)23(31)28-25-14-16-9-11-20(12-10-16)32-15-21(29)26-18-6-2-1-3-7-18/h4-5,8-14,18H,1-3,6-7,15H2,(H,26,29)(H,27,30)(H,28,31)/b25-14-. The van der Waals surface area contributed by atoms with Crippen LogP contribution in [0.4, 0.5) is 5.69 Å². The molecule has 168 valence electrons. The lowest BCUT2D eigenvalue weighted by molar-refractivity contribution is -0.136. The largest absolute Gasteiger partial charge is 0.484 e. The highest BCUT2D eigenvalue weighted by Gasteiger charge is 2.16. The number of anilines is 1. The molecule has 0 bridgehead atoms. The summed E-state index contributed by atoms with van der Waals surface area (Å²) in [5.41, 5.74) is 3.37. The summed E-state index contributed by atoms with van der Waals surface area (Å²) in [6.07, 6.45) is 7.02. The maximum Gasteiger partial charge on any atom is 0.329 e. The maximum atomic E-state index is 12.0. The van der Waals surface area contributed by atoms with Gasteiger partial charge in [0.25, 0.3) is 5.91 Å². The molecule has 3 N–H and O–H groups in total. The lowest BCUT2D eigenvalue weighted by atomic mass is 9.95. The van der Waals surface area contributed by atoms with E-state index in [0.29, 0.717) is 17.0 Å². The molecular weight excluding hydrogens is 476 g/mol. The van der Waals surface area contributed by atoms with Crippen LogP contribution in [0.5, 0.6) is 5.75 Å². The molecule has 0 aliphatic heterocycles. The Morgan fingerprint density at radius 1 is 1.03 bits per heavy atom. The molecule has 1 aliphatic rings. The molecule has 0 radical (unpaired) electrons. The van der Waals surface area contributed by atoms with Crippen LogP contribution in [-0.4, -0.2) is 36.6 Å². The molecule has 0 atom stereocenters. The molecule has 0 saturated heterocycles. The van der Waals surface area contributed by atoms with Crippen molar-refractivity contribution in [1.82, 2.24) is 10.7 Å². The highest BCUT2D eigenvalue weighted by molar-refractivity contribution is 9.10. The van der Waals surface area contributed by atoms with E-state index >= 15 is 0 Å².